The largest absolute Gasteiger partial charge is 0.326 e. The fraction of sp³-hybridized carbons (Fsp3) is 0.0769. The van der Waals surface area contributed by atoms with E-state index in [1.165, 1.54) is 23.5 Å². The summed E-state index contributed by atoms with van der Waals surface area (Å²) in [6.45, 7) is 1.86. The molecule has 0 atom stereocenters. The van der Waals surface area contributed by atoms with E-state index in [4.69, 9.17) is 0 Å². The molecular formula is C13H9FN2O2S. The lowest BCUT2D eigenvalue weighted by atomic mass is 10.0. The van der Waals surface area contributed by atoms with Gasteiger partial charge in [0.1, 0.15) is 10.6 Å². The van der Waals surface area contributed by atoms with Crippen LogP contribution < -0.4 is 11.2 Å². The van der Waals surface area contributed by atoms with Crippen LogP contribution in [-0.4, -0.2) is 9.97 Å². The van der Waals surface area contributed by atoms with E-state index in [1.807, 2.05) is 6.92 Å². The summed E-state index contributed by atoms with van der Waals surface area (Å²) in [6.07, 6.45) is 0. The van der Waals surface area contributed by atoms with E-state index >= 15 is 0 Å². The van der Waals surface area contributed by atoms with Gasteiger partial charge in [0.25, 0.3) is 5.56 Å². The van der Waals surface area contributed by atoms with Crippen LogP contribution in [0.2, 0.25) is 0 Å². The molecule has 3 rings (SSSR count). The SMILES string of the molecule is Cc1sc2[nH]c(=O)[nH]c(=O)c2c1-c1ccc(F)cc1. The van der Waals surface area contributed by atoms with Gasteiger partial charge >= 0.3 is 5.69 Å². The molecule has 0 aliphatic rings. The van der Waals surface area contributed by atoms with Gasteiger partial charge in [0, 0.05) is 10.4 Å². The summed E-state index contributed by atoms with van der Waals surface area (Å²) < 4.78 is 13.0. The van der Waals surface area contributed by atoms with Crippen LogP contribution in [0.5, 0.6) is 0 Å². The molecule has 0 saturated heterocycles. The van der Waals surface area contributed by atoms with Crippen LogP contribution in [0.25, 0.3) is 21.3 Å². The Balaban J connectivity index is 2.41. The maximum atomic E-state index is 13.0. The second-order valence-electron chi connectivity index (χ2n) is 4.15. The monoisotopic (exact) mass is 276 g/mol. The zero-order valence-corrected chi connectivity index (χ0v) is 10.7. The van der Waals surface area contributed by atoms with Crippen molar-refractivity contribution in [3.63, 3.8) is 0 Å². The molecule has 0 spiro atoms. The molecule has 2 N–H and O–H groups in total. The third kappa shape index (κ3) is 1.90. The molecule has 0 bridgehead atoms. The predicted molar refractivity (Wildman–Crippen MR) is 73.2 cm³/mol. The van der Waals surface area contributed by atoms with Crippen molar-refractivity contribution in [2.24, 2.45) is 0 Å². The van der Waals surface area contributed by atoms with Crippen LogP contribution in [-0.2, 0) is 0 Å². The Labute approximate surface area is 110 Å². The number of hydrogen-bond acceptors (Lipinski definition) is 3. The van der Waals surface area contributed by atoms with Crippen LogP contribution in [0.3, 0.4) is 0 Å². The highest BCUT2D eigenvalue weighted by Gasteiger charge is 2.15. The van der Waals surface area contributed by atoms with Gasteiger partial charge in [-0.25, -0.2) is 9.18 Å². The summed E-state index contributed by atoms with van der Waals surface area (Å²) in [5, 5.41) is 0.439. The van der Waals surface area contributed by atoms with E-state index in [1.54, 1.807) is 12.1 Å². The molecule has 96 valence electrons. The topological polar surface area (TPSA) is 65.7 Å². The highest BCUT2D eigenvalue weighted by Crippen LogP contribution is 2.34. The lowest BCUT2D eigenvalue weighted by Crippen LogP contribution is -2.21. The Kier molecular flexibility index (Phi) is 2.60. The third-order valence-corrected chi connectivity index (χ3v) is 3.92. The molecule has 0 aliphatic carbocycles. The first-order valence-corrected chi connectivity index (χ1v) is 6.39. The summed E-state index contributed by atoms with van der Waals surface area (Å²) in [5.41, 5.74) is 0.534. The van der Waals surface area contributed by atoms with Crippen molar-refractivity contribution in [2.75, 3.05) is 0 Å². The van der Waals surface area contributed by atoms with Crippen molar-refractivity contribution in [1.82, 2.24) is 9.97 Å². The number of aryl methyl sites for hydroxylation is 1. The van der Waals surface area contributed by atoms with Gasteiger partial charge in [-0.1, -0.05) is 12.1 Å². The van der Waals surface area contributed by atoms with Crippen LogP contribution in [0.15, 0.2) is 33.9 Å². The number of rotatable bonds is 1. The Morgan fingerprint density at radius 3 is 2.47 bits per heavy atom. The smallest absolute Gasteiger partial charge is 0.298 e. The first kappa shape index (κ1) is 11.9. The van der Waals surface area contributed by atoms with Crippen molar-refractivity contribution in [2.45, 2.75) is 6.92 Å². The first-order valence-electron chi connectivity index (χ1n) is 5.58. The number of fused-ring (bicyclic) bond motifs is 1. The molecular weight excluding hydrogens is 267 g/mol. The molecule has 0 fully saturated rings. The predicted octanol–water partition coefficient (Wildman–Crippen LogP) is 2.39. The van der Waals surface area contributed by atoms with E-state index in [2.05, 4.69) is 9.97 Å². The van der Waals surface area contributed by atoms with Gasteiger partial charge in [-0.15, -0.1) is 11.3 Å². The highest BCUT2D eigenvalue weighted by molar-refractivity contribution is 7.19. The fourth-order valence-electron chi connectivity index (χ4n) is 2.11. The van der Waals surface area contributed by atoms with Gasteiger partial charge in [0.2, 0.25) is 0 Å². The molecule has 0 radical (unpaired) electrons. The molecule has 6 heteroatoms. The molecule has 3 aromatic rings. The molecule has 0 amide bonds. The molecule has 0 aliphatic heterocycles. The summed E-state index contributed by atoms with van der Waals surface area (Å²) >= 11 is 1.34. The molecule has 19 heavy (non-hydrogen) atoms. The van der Waals surface area contributed by atoms with Crippen LogP contribution in [0.1, 0.15) is 4.88 Å². The average Bonchev–Trinajstić information content (AvgIpc) is 2.66. The van der Waals surface area contributed by atoms with Crippen molar-refractivity contribution < 1.29 is 4.39 Å². The van der Waals surface area contributed by atoms with E-state index in [9.17, 15) is 14.0 Å². The van der Waals surface area contributed by atoms with Crippen LogP contribution >= 0.6 is 11.3 Å². The van der Waals surface area contributed by atoms with Gasteiger partial charge < -0.3 is 0 Å². The van der Waals surface area contributed by atoms with Gasteiger partial charge in [-0.2, -0.15) is 0 Å². The molecule has 0 saturated carbocycles. The number of thiophene rings is 1. The number of benzene rings is 1. The highest BCUT2D eigenvalue weighted by atomic mass is 32.1. The zero-order valence-electron chi connectivity index (χ0n) is 9.91. The average molecular weight is 276 g/mol. The van der Waals surface area contributed by atoms with E-state index in [0.717, 1.165) is 16.0 Å². The van der Waals surface area contributed by atoms with Gasteiger partial charge in [-0.05, 0) is 24.6 Å². The van der Waals surface area contributed by atoms with E-state index in [0.29, 0.717) is 10.2 Å². The molecule has 2 heterocycles. The summed E-state index contributed by atoms with van der Waals surface area (Å²) in [5.74, 6) is -0.330. The minimum Gasteiger partial charge on any atom is -0.298 e. The summed E-state index contributed by atoms with van der Waals surface area (Å²) in [6, 6.07) is 5.93. The first-order chi connectivity index (χ1) is 9.06. The van der Waals surface area contributed by atoms with Crippen LogP contribution in [0, 0.1) is 12.7 Å². The number of aromatic amines is 2. The number of H-pyrrole nitrogens is 2. The van der Waals surface area contributed by atoms with Crippen molar-refractivity contribution in [1.29, 1.82) is 0 Å². The van der Waals surface area contributed by atoms with Crippen molar-refractivity contribution >= 4 is 21.6 Å². The molecule has 4 nitrogen and oxygen atoms in total. The number of nitrogens with one attached hydrogen (secondary N) is 2. The fourth-order valence-corrected chi connectivity index (χ4v) is 3.18. The Hall–Kier alpha value is -2.21. The quantitative estimate of drug-likeness (QED) is 0.716. The lowest BCUT2D eigenvalue weighted by molar-refractivity contribution is 0.628. The van der Waals surface area contributed by atoms with E-state index < -0.39 is 11.2 Å². The third-order valence-electron chi connectivity index (χ3n) is 2.90. The second kappa shape index (κ2) is 4.17. The number of hydrogen-bond donors (Lipinski definition) is 2. The minimum atomic E-state index is -0.524. The lowest BCUT2D eigenvalue weighted by Gasteiger charge is -2.01. The van der Waals surface area contributed by atoms with Gasteiger partial charge in [-0.3, -0.25) is 14.8 Å². The Bertz CT molecular complexity index is 874. The summed E-state index contributed by atoms with van der Waals surface area (Å²) in [4.78, 5) is 29.4. The van der Waals surface area contributed by atoms with E-state index in [-0.39, 0.29) is 5.82 Å². The molecule has 0 unspecified atom stereocenters. The second-order valence-corrected chi connectivity index (χ2v) is 5.38. The number of halogens is 1. The Morgan fingerprint density at radius 2 is 1.79 bits per heavy atom. The minimum absolute atomic E-state index is 0.330. The maximum absolute atomic E-state index is 13.0. The van der Waals surface area contributed by atoms with Crippen molar-refractivity contribution in [3.05, 3.63) is 55.8 Å². The summed E-state index contributed by atoms with van der Waals surface area (Å²) in [7, 11) is 0. The number of aromatic nitrogens is 2. The van der Waals surface area contributed by atoms with Gasteiger partial charge in [0.05, 0.1) is 5.39 Å². The van der Waals surface area contributed by atoms with Crippen LogP contribution in [0.4, 0.5) is 4.39 Å². The standard InChI is InChI=1S/C13H9FN2O2S/c1-6-9(7-2-4-8(14)5-3-7)10-11(17)15-13(18)16-12(10)19-6/h2-5H,1H3,(H2,15,16,17,18). The Morgan fingerprint density at radius 1 is 1.11 bits per heavy atom. The zero-order chi connectivity index (χ0) is 13.6. The maximum Gasteiger partial charge on any atom is 0.326 e. The van der Waals surface area contributed by atoms with Gasteiger partial charge in [0.15, 0.2) is 0 Å². The molecule has 1 aromatic carbocycles. The molecule has 2 aromatic heterocycles. The normalized spacial score (nSPS) is 11.1. The van der Waals surface area contributed by atoms with Crippen molar-refractivity contribution in [3.8, 4) is 11.1 Å².